The van der Waals surface area contributed by atoms with Crippen molar-refractivity contribution in [3.05, 3.63) is 10.7 Å². The van der Waals surface area contributed by atoms with Crippen LogP contribution in [0.4, 0.5) is 11.8 Å². The molecule has 2 atom stereocenters. The van der Waals surface area contributed by atoms with Gasteiger partial charge in [0, 0.05) is 31.9 Å². The Balaban J connectivity index is 1.77. The Hall–Kier alpha value is -0.880. The largest absolute Gasteiger partial charge is 0.355 e. The van der Waals surface area contributed by atoms with E-state index in [0.717, 1.165) is 47.8 Å². The highest BCUT2D eigenvalue weighted by molar-refractivity contribution is 9.10. The molecule has 2 fully saturated rings. The fourth-order valence-corrected chi connectivity index (χ4v) is 4.11. The van der Waals surface area contributed by atoms with Crippen molar-refractivity contribution in [2.45, 2.75) is 32.2 Å². The summed E-state index contributed by atoms with van der Waals surface area (Å²) in [4.78, 5) is 14.0. The normalized spacial score (nSPS) is 26.5. The summed E-state index contributed by atoms with van der Waals surface area (Å²) < 4.78 is 0.992. The number of hydrogen-bond donors (Lipinski definition) is 1. The fraction of sp³-hybridized carbons (Fsp3) is 0.733. The maximum Gasteiger partial charge on any atom is 0.224 e. The Bertz CT molecular complexity index is 495. The van der Waals surface area contributed by atoms with Crippen LogP contribution >= 0.6 is 15.9 Å². The molecule has 5 nitrogen and oxygen atoms in total. The number of aromatic nitrogens is 2. The summed E-state index contributed by atoms with van der Waals surface area (Å²) >= 11 is 3.61. The van der Waals surface area contributed by atoms with Crippen molar-refractivity contribution in [1.29, 1.82) is 0 Å². The lowest BCUT2D eigenvalue weighted by Crippen LogP contribution is -2.53. The molecule has 0 aromatic carbocycles. The standard InChI is InChI=1S/C15H24BrN5/c1-3-17-15-18-9-12(16)14(19-15)21-8-6-13-11(10-21)5-4-7-20(13)2/h9,11,13H,3-8,10H2,1-2H3,(H,17,18,19). The zero-order chi connectivity index (χ0) is 14.8. The molecule has 0 amide bonds. The summed E-state index contributed by atoms with van der Waals surface area (Å²) in [6, 6.07) is 0.754. The molecule has 0 bridgehead atoms. The van der Waals surface area contributed by atoms with Crippen LogP contribution < -0.4 is 10.2 Å². The van der Waals surface area contributed by atoms with Crippen LogP contribution in [-0.4, -0.2) is 54.1 Å². The molecule has 21 heavy (non-hydrogen) atoms. The lowest BCUT2D eigenvalue weighted by atomic mass is 9.84. The molecule has 116 valence electrons. The van der Waals surface area contributed by atoms with Crippen LogP contribution in [0.25, 0.3) is 0 Å². The molecule has 2 unspecified atom stereocenters. The first-order valence-electron chi connectivity index (χ1n) is 7.90. The molecule has 0 aliphatic carbocycles. The van der Waals surface area contributed by atoms with Gasteiger partial charge in [-0.1, -0.05) is 0 Å². The number of halogens is 1. The van der Waals surface area contributed by atoms with Gasteiger partial charge in [-0.05, 0) is 61.6 Å². The Labute approximate surface area is 135 Å². The van der Waals surface area contributed by atoms with E-state index >= 15 is 0 Å². The molecule has 6 heteroatoms. The second kappa shape index (κ2) is 6.48. The molecule has 3 rings (SSSR count). The third kappa shape index (κ3) is 3.16. The van der Waals surface area contributed by atoms with Gasteiger partial charge < -0.3 is 15.1 Å². The van der Waals surface area contributed by atoms with Crippen molar-refractivity contribution in [2.75, 3.05) is 43.4 Å². The number of rotatable bonds is 3. The summed E-state index contributed by atoms with van der Waals surface area (Å²) in [6.07, 6.45) is 5.75. The smallest absolute Gasteiger partial charge is 0.224 e. The molecular formula is C15H24BrN5. The van der Waals surface area contributed by atoms with Crippen molar-refractivity contribution in [2.24, 2.45) is 5.92 Å². The summed E-state index contributed by atoms with van der Waals surface area (Å²) in [7, 11) is 2.27. The maximum atomic E-state index is 4.69. The van der Waals surface area contributed by atoms with Gasteiger partial charge >= 0.3 is 0 Å². The van der Waals surface area contributed by atoms with E-state index in [1.165, 1.54) is 25.8 Å². The molecule has 0 spiro atoms. The highest BCUT2D eigenvalue weighted by atomic mass is 79.9. The molecule has 0 saturated carbocycles. The SMILES string of the molecule is CCNc1ncc(Br)c(N2CCC3C(CCCN3C)C2)n1. The first-order chi connectivity index (χ1) is 10.2. The van der Waals surface area contributed by atoms with Gasteiger partial charge in [0.05, 0.1) is 4.47 Å². The molecular weight excluding hydrogens is 330 g/mol. The highest BCUT2D eigenvalue weighted by Gasteiger charge is 2.35. The Kier molecular flexibility index (Phi) is 4.64. The van der Waals surface area contributed by atoms with Gasteiger partial charge in [-0.25, -0.2) is 4.98 Å². The Morgan fingerprint density at radius 1 is 1.38 bits per heavy atom. The first-order valence-corrected chi connectivity index (χ1v) is 8.70. The van der Waals surface area contributed by atoms with E-state index < -0.39 is 0 Å². The zero-order valence-corrected chi connectivity index (χ0v) is 14.4. The number of nitrogens with one attached hydrogen (secondary N) is 1. The predicted molar refractivity (Wildman–Crippen MR) is 89.9 cm³/mol. The number of anilines is 2. The van der Waals surface area contributed by atoms with E-state index in [4.69, 9.17) is 0 Å². The highest BCUT2D eigenvalue weighted by Crippen LogP contribution is 2.33. The van der Waals surface area contributed by atoms with Gasteiger partial charge in [-0.15, -0.1) is 0 Å². The van der Waals surface area contributed by atoms with Gasteiger partial charge in [0.1, 0.15) is 5.82 Å². The third-order valence-corrected chi connectivity index (χ3v) is 5.27. The van der Waals surface area contributed by atoms with Crippen LogP contribution in [0.2, 0.25) is 0 Å². The van der Waals surface area contributed by atoms with Crippen LogP contribution in [0.3, 0.4) is 0 Å². The number of nitrogens with zero attached hydrogens (tertiary/aromatic N) is 4. The van der Waals surface area contributed by atoms with Gasteiger partial charge in [-0.3, -0.25) is 0 Å². The minimum absolute atomic E-state index is 0.721. The molecule has 2 aliphatic heterocycles. The van der Waals surface area contributed by atoms with E-state index in [9.17, 15) is 0 Å². The third-order valence-electron chi connectivity index (χ3n) is 4.71. The Morgan fingerprint density at radius 2 is 2.24 bits per heavy atom. The molecule has 2 saturated heterocycles. The van der Waals surface area contributed by atoms with E-state index in [0.29, 0.717) is 0 Å². The van der Waals surface area contributed by atoms with Crippen molar-refractivity contribution in [1.82, 2.24) is 14.9 Å². The quantitative estimate of drug-likeness (QED) is 0.904. The summed E-state index contributed by atoms with van der Waals surface area (Å²) in [5.41, 5.74) is 0. The van der Waals surface area contributed by atoms with Crippen molar-refractivity contribution in [3.8, 4) is 0 Å². The van der Waals surface area contributed by atoms with Crippen LogP contribution in [0.5, 0.6) is 0 Å². The topological polar surface area (TPSA) is 44.3 Å². The molecule has 3 heterocycles. The molecule has 0 radical (unpaired) electrons. The number of likely N-dealkylation sites (tertiary alicyclic amines) is 1. The lowest BCUT2D eigenvalue weighted by Gasteiger charge is -2.46. The van der Waals surface area contributed by atoms with Gasteiger partial charge in [0.15, 0.2) is 0 Å². The van der Waals surface area contributed by atoms with Crippen molar-refractivity contribution >= 4 is 27.7 Å². The van der Waals surface area contributed by atoms with Crippen LogP contribution in [0, 0.1) is 5.92 Å². The molecule has 2 aliphatic rings. The summed E-state index contributed by atoms with van der Waals surface area (Å²) in [5.74, 6) is 2.52. The predicted octanol–water partition coefficient (Wildman–Crippen LogP) is 2.59. The Morgan fingerprint density at radius 3 is 3.05 bits per heavy atom. The van der Waals surface area contributed by atoms with Crippen LogP contribution in [-0.2, 0) is 0 Å². The second-order valence-corrected chi connectivity index (χ2v) is 6.93. The lowest BCUT2D eigenvalue weighted by molar-refractivity contribution is 0.102. The van der Waals surface area contributed by atoms with Crippen molar-refractivity contribution in [3.63, 3.8) is 0 Å². The van der Waals surface area contributed by atoms with E-state index in [2.05, 4.69) is 55.0 Å². The van der Waals surface area contributed by atoms with Gasteiger partial charge in [0.25, 0.3) is 0 Å². The molecule has 1 N–H and O–H groups in total. The van der Waals surface area contributed by atoms with E-state index in [1.54, 1.807) is 0 Å². The second-order valence-electron chi connectivity index (χ2n) is 6.08. The molecule has 1 aromatic heterocycles. The summed E-state index contributed by atoms with van der Waals surface area (Å²) in [5, 5.41) is 3.20. The maximum absolute atomic E-state index is 4.69. The van der Waals surface area contributed by atoms with E-state index in [1.807, 2.05) is 6.20 Å². The fourth-order valence-electron chi connectivity index (χ4n) is 3.67. The van der Waals surface area contributed by atoms with Crippen molar-refractivity contribution < 1.29 is 0 Å². The number of piperidine rings is 2. The van der Waals surface area contributed by atoms with Crippen LogP contribution in [0.15, 0.2) is 10.7 Å². The van der Waals surface area contributed by atoms with Gasteiger partial charge in [0.2, 0.25) is 5.95 Å². The van der Waals surface area contributed by atoms with E-state index in [-0.39, 0.29) is 0 Å². The van der Waals surface area contributed by atoms with Gasteiger partial charge in [-0.2, -0.15) is 4.98 Å². The minimum atomic E-state index is 0.721. The van der Waals surface area contributed by atoms with Crippen LogP contribution in [0.1, 0.15) is 26.2 Å². The molecule has 1 aromatic rings. The summed E-state index contributed by atoms with van der Waals surface area (Å²) in [6.45, 7) is 6.34. The first kappa shape index (κ1) is 15.0. The zero-order valence-electron chi connectivity index (χ0n) is 12.8. The number of fused-ring (bicyclic) bond motifs is 1. The number of hydrogen-bond acceptors (Lipinski definition) is 5. The minimum Gasteiger partial charge on any atom is -0.355 e. The average Bonchev–Trinajstić information content (AvgIpc) is 2.49. The average molecular weight is 354 g/mol. The monoisotopic (exact) mass is 353 g/mol.